The number of benzene rings is 1. The van der Waals surface area contributed by atoms with Gasteiger partial charge in [0.05, 0.1) is 13.2 Å². The van der Waals surface area contributed by atoms with Crippen molar-refractivity contribution in [1.29, 1.82) is 0 Å². The molecule has 0 spiro atoms. The molecule has 210 valence electrons. The van der Waals surface area contributed by atoms with Gasteiger partial charge in [-0.15, -0.1) is 0 Å². The molecule has 1 aromatic rings. The summed E-state index contributed by atoms with van der Waals surface area (Å²) in [4.78, 5) is 0. The molecule has 0 aliphatic heterocycles. The molecule has 0 bridgehead atoms. The molecule has 0 aliphatic rings. The lowest BCUT2D eigenvalue weighted by Gasteiger charge is -2.12. The Balaban J connectivity index is 2.06. The van der Waals surface area contributed by atoms with Gasteiger partial charge in [0.25, 0.3) is 0 Å². The van der Waals surface area contributed by atoms with Crippen LogP contribution in [-0.2, 0) is 6.42 Å². The second kappa shape index (κ2) is 25.5. The van der Waals surface area contributed by atoms with Crippen LogP contribution in [0.5, 0.6) is 11.5 Å². The van der Waals surface area contributed by atoms with Crippen LogP contribution in [0.15, 0.2) is 18.2 Å². The maximum atomic E-state index is 6.10. The van der Waals surface area contributed by atoms with Gasteiger partial charge in [-0.2, -0.15) is 0 Å². The Bertz CT molecular complexity index is 536. The first-order valence-electron chi connectivity index (χ1n) is 16.2. The molecule has 1 aromatic carbocycles. The van der Waals surface area contributed by atoms with Crippen LogP contribution in [-0.4, -0.2) is 13.2 Å². The van der Waals surface area contributed by atoms with Gasteiger partial charge in [-0.25, -0.2) is 0 Å². The summed E-state index contributed by atoms with van der Waals surface area (Å²) in [6, 6.07) is 6.47. The Morgan fingerprint density at radius 2 is 0.694 bits per heavy atom. The summed E-state index contributed by atoms with van der Waals surface area (Å²) in [6.07, 6.45) is 31.1. The van der Waals surface area contributed by atoms with Crippen LogP contribution in [0, 0.1) is 0 Å². The second-order valence-corrected chi connectivity index (χ2v) is 10.9. The molecule has 0 heterocycles. The van der Waals surface area contributed by atoms with E-state index in [9.17, 15) is 0 Å². The van der Waals surface area contributed by atoms with Crippen LogP contribution in [0.3, 0.4) is 0 Å². The van der Waals surface area contributed by atoms with Gasteiger partial charge in [0.2, 0.25) is 0 Å². The van der Waals surface area contributed by atoms with E-state index in [0.29, 0.717) is 0 Å². The number of hydrogen-bond acceptors (Lipinski definition) is 2. The molecule has 2 heteroatoms. The van der Waals surface area contributed by atoms with Crippen LogP contribution >= 0.6 is 0 Å². The number of ether oxygens (including phenoxy) is 2. The van der Waals surface area contributed by atoms with Gasteiger partial charge < -0.3 is 9.47 Å². The Morgan fingerprint density at radius 1 is 0.389 bits per heavy atom. The molecule has 0 atom stereocenters. The zero-order valence-electron chi connectivity index (χ0n) is 24.7. The minimum Gasteiger partial charge on any atom is -0.493 e. The molecule has 0 amide bonds. The van der Waals surface area contributed by atoms with Crippen molar-refractivity contribution in [3.63, 3.8) is 0 Å². The Kier molecular flexibility index (Phi) is 23.2. The maximum Gasteiger partial charge on any atom is 0.123 e. The molecule has 0 N–H and O–H groups in total. The Labute approximate surface area is 226 Å². The van der Waals surface area contributed by atoms with Crippen LogP contribution in [0.1, 0.15) is 168 Å². The molecule has 0 saturated carbocycles. The highest BCUT2D eigenvalue weighted by Crippen LogP contribution is 2.24. The summed E-state index contributed by atoms with van der Waals surface area (Å²) in [5.74, 6) is 1.96. The minimum atomic E-state index is 0.822. The first kappa shape index (κ1) is 32.8. The van der Waals surface area contributed by atoms with E-state index in [0.717, 1.165) is 44.0 Å². The summed E-state index contributed by atoms with van der Waals surface area (Å²) >= 11 is 0. The van der Waals surface area contributed by atoms with E-state index in [2.05, 4.69) is 39.0 Å². The Morgan fingerprint density at radius 3 is 1.00 bits per heavy atom. The third-order valence-corrected chi connectivity index (χ3v) is 7.38. The number of rotatable bonds is 27. The fraction of sp³-hybridized carbons (Fsp3) is 0.824. The third-order valence-electron chi connectivity index (χ3n) is 7.38. The molecule has 0 aliphatic carbocycles. The Hall–Kier alpha value is -1.18. The topological polar surface area (TPSA) is 18.5 Å². The van der Waals surface area contributed by atoms with Crippen LogP contribution in [0.2, 0.25) is 0 Å². The number of hydrogen-bond donors (Lipinski definition) is 0. The molecule has 1 rings (SSSR count). The van der Waals surface area contributed by atoms with Crippen molar-refractivity contribution in [2.24, 2.45) is 0 Å². The minimum absolute atomic E-state index is 0.822. The summed E-state index contributed by atoms with van der Waals surface area (Å²) in [5, 5.41) is 0. The van der Waals surface area contributed by atoms with E-state index in [1.807, 2.05) is 0 Å². The molecule has 0 fully saturated rings. The van der Waals surface area contributed by atoms with E-state index >= 15 is 0 Å². The molecule has 0 unspecified atom stereocenters. The molecule has 0 aromatic heterocycles. The molecule has 2 nitrogen and oxygen atoms in total. The first-order chi connectivity index (χ1) is 17.8. The van der Waals surface area contributed by atoms with Gasteiger partial charge in [-0.3, -0.25) is 0 Å². The largest absolute Gasteiger partial charge is 0.493 e. The number of unbranched alkanes of at least 4 members (excludes halogenated alkanes) is 20. The molecular weight excluding hydrogens is 440 g/mol. The van der Waals surface area contributed by atoms with Crippen molar-refractivity contribution in [2.75, 3.05) is 13.2 Å². The zero-order chi connectivity index (χ0) is 25.9. The van der Waals surface area contributed by atoms with E-state index in [1.165, 1.54) is 134 Å². The lowest BCUT2D eigenvalue weighted by atomic mass is 10.1. The maximum absolute atomic E-state index is 6.10. The van der Waals surface area contributed by atoms with Gasteiger partial charge in [-0.05, 0) is 37.0 Å². The van der Waals surface area contributed by atoms with E-state index in [1.54, 1.807) is 0 Å². The van der Waals surface area contributed by atoms with Gasteiger partial charge in [-0.1, -0.05) is 149 Å². The summed E-state index contributed by atoms with van der Waals surface area (Å²) in [5.41, 5.74) is 1.31. The predicted molar refractivity (Wildman–Crippen MR) is 160 cm³/mol. The highest BCUT2D eigenvalue weighted by molar-refractivity contribution is 5.38. The van der Waals surface area contributed by atoms with E-state index < -0.39 is 0 Å². The average molecular weight is 503 g/mol. The zero-order valence-corrected chi connectivity index (χ0v) is 24.7. The van der Waals surface area contributed by atoms with Gasteiger partial charge in [0.15, 0.2) is 0 Å². The van der Waals surface area contributed by atoms with Crippen molar-refractivity contribution < 1.29 is 9.47 Å². The van der Waals surface area contributed by atoms with E-state index in [-0.39, 0.29) is 0 Å². The lowest BCUT2D eigenvalue weighted by molar-refractivity contribution is 0.289. The normalized spacial score (nSPS) is 11.2. The van der Waals surface area contributed by atoms with Crippen LogP contribution in [0.4, 0.5) is 0 Å². The van der Waals surface area contributed by atoms with E-state index in [4.69, 9.17) is 9.47 Å². The molecule has 0 saturated heterocycles. The highest BCUT2D eigenvalue weighted by atomic mass is 16.5. The predicted octanol–water partition coefficient (Wildman–Crippen LogP) is 11.6. The summed E-state index contributed by atoms with van der Waals surface area (Å²) in [6.45, 7) is 8.43. The standard InChI is InChI=1S/C34H62O2/c1-4-7-9-11-13-15-17-19-21-23-25-27-35-33-29-32(6-3)30-34(31-33)36-28-26-24-22-20-18-16-14-12-10-8-5-2/h29-31H,4-28H2,1-3H3. The van der Waals surface area contributed by atoms with Crippen molar-refractivity contribution in [1.82, 2.24) is 0 Å². The second-order valence-electron chi connectivity index (χ2n) is 10.9. The third kappa shape index (κ3) is 19.9. The first-order valence-corrected chi connectivity index (χ1v) is 16.2. The summed E-state index contributed by atoms with van der Waals surface area (Å²) < 4.78 is 12.2. The van der Waals surface area contributed by atoms with Gasteiger partial charge >= 0.3 is 0 Å². The fourth-order valence-corrected chi connectivity index (χ4v) is 4.91. The molecular formula is C34H62O2. The SMILES string of the molecule is CCCCCCCCCCCCCOc1cc(CC)cc(OCCCCCCCCCCCCC)c1. The lowest BCUT2D eigenvalue weighted by Crippen LogP contribution is -2.01. The fourth-order valence-electron chi connectivity index (χ4n) is 4.91. The monoisotopic (exact) mass is 502 g/mol. The van der Waals surface area contributed by atoms with Crippen molar-refractivity contribution >= 4 is 0 Å². The smallest absolute Gasteiger partial charge is 0.123 e. The highest BCUT2D eigenvalue weighted by Gasteiger charge is 2.03. The summed E-state index contributed by atoms with van der Waals surface area (Å²) in [7, 11) is 0. The van der Waals surface area contributed by atoms with Crippen molar-refractivity contribution in [2.45, 2.75) is 168 Å². The molecule has 0 radical (unpaired) electrons. The van der Waals surface area contributed by atoms with Crippen LogP contribution < -0.4 is 9.47 Å². The van der Waals surface area contributed by atoms with Crippen molar-refractivity contribution in [3.05, 3.63) is 23.8 Å². The quantitative estimate of drug-likeness (QED) is 0.111. The molecule has 36 heavy (non-hydrogen) atoms. The van der Waals surface area contributed by atoms with Crippen molar-refractivity contribution in [3.8, 4) is 11.5 Å². The van der Waals surface area contributed by atoms with Gasteiger partial charge in [0.1, 0.15) is 11.5 Å². The average Bonchev–Trinajstić information content (AvgIpc) is 2.89. The number of aryl methyl sites for hydroxylation is 1. The van der Waals surface area contributed by atoms with Gasteiger partial charge in [0, 0.05) is 6.07 Å². The van der Waals surface area contributed by atoms with Crippen LogP contribution in [0.25, 0.3) is 0 Å².